The summed E-state index contributed by atoms with van der Waals surface area (Å²) < 4.78 is 10.1. The van der Waals surface area contributed by atoms with Crippen molar-refractivity contribution in [3.8, 4) is 5.75 Å². The summed E-state index contributed by atoms with van der Waals surface area (Å²) in [5.74, 6) is 0.852. The summed E-state index contributed by atoms with van der Waals surface area (Å²) in [6.07, 6.45) is 0. The number of ether oxygens (including phenoxy) is 2. The first-order chi connectivity index (χ1) is 5.38. The molecule has 0 fully saturated rings. The monoisotopic (exact) mass is 151 g/mol. The highest BCUT2D eigenvalue weighted by molar-refractivity contribution is 5.31. The topological polar surface area (TPSA) is 18.5 Å². The normalized spacial score (nSPS) is 9.64. The minimum atomic E-state index is 0.570. The van der Waals surface area contributed by atoms with Gasteiger partial charge in [-0.1, -0.05) is 6.07 Å². The molecular formula is C9H11O2. The van der Waals surface area contributed by atoms with Crippen LogP contribution >= 0.6 is 0 Å². The Bertz CT molecular complexity index is 221. The molecule has 0 aliphatic heterocycles. The Morgan fingerprint density at radius 3 is 2.91 bits per heavy atom. The standard InChI is InChI=1S/C9H11O2/c1-10-7-8-5-3-4-6-9(8)11-2/h4-6H,7H2,1-2H3. The third-order valence-corrected chi connectivity index (χ3v) is 1.42. The molecule has 0 atom stereocenters. The number of hydrogen-bond acceptors (Lipinski definition) is 2. The van der Waals surface area contributed by atoms with Crippen molar-refractivity contribution in [2.75, 3.05) is 14.2 Å². The minimum Gasteiger partial charge on any atom is -0.496 e. The van der Waals surface area contributed by atoms with Crippen molar-refractivity contribution in [1.29, 1.82) is 0 Å². The van der Waals surface area contributed by atoms with E-state index in [4.69, 9.17) is 9.47 Å². The quantitative estimate of drug-likeness (QED) is 0.653. The molecule has 2 nitrogen and oxygen atoms in total. The van der Waals surface area contributed by atoms with E-state index < -0.39 is 0 Å². The highest BCUT2D eigenvalue weighted by Gasteiger charge is 1.98. The zero-order valence-electron chi connectivity index (χ0n) is 6.76. The third-order valence-electron chi connectivity index (χ3n) is 1.42. The third kappa shape index (κ3) is 1.95. The Labute approximate surface area is 66.8 Å². The summed E-state index contributed by atoms with van der Waals surface area (Å²) in [5, 5.41) is 0. The van der Waals surface area contributed by atoms with Gasteiger partial charge in [-0.2, -0.15) is 0 Å². The van der Waals surface area contributed by atoms with Gasteiger partial charge in [0, 0.05) is 12.7 Å². The molecule has 0 aromatic heterocycles. The summed E-state index contributed by atoms with van der Waals surface area (Å²) >= 11 is 0. The molecule has 0 saturated carbocycles. The molecule has 2 heteroatoms. The second-order valence-electron chi connectivity index (χ2n) is 2.17. The Kier molecular flexibility index (Phi) is 2.93. The van der Waals surface area contributed by atoms with E-state index in [1.807, 2.05) is 18.2 Å². The fourth-order valence-electron chi connectivity index (χ4n) is 0.918. The van der Waals surface area contributed by atoms with Gasteiger partial charge in [0.05, 0.1) is 13.7 Å². The van der Waals surface area contributed by atoms with Crippen molar-refractivity contribution >= 4 is 0 Å². The summed E-state index contributed by atoms with van der Waals surface area (Å²) in [6, 6.07) is 8.51. The van der Waals surface area contributed by atoms with Crippen LogP contribution < -0.4 is 4.74 Å². The van der Waals surface area contributed by atoms with Crippen LogP contribution in [0.1, 0.15) is 5.56 Å². The van der Waals surface area contributed by atoms with E-state index in [9.17, 15) is 0 Å². The molecule has 0 heterocycles. The molecule has 1 radical (unpaired) electrons. The van der Waals surface area contributed by atoms with Crippen LogP contribution in [0.3, 0.4) is 0 Å². The highest BCUT2D eigenvalue weighted by atomic mass is 16.5. The lowest BCUT2D eigenvalue weighted by Gasteiger charge is -2.05. The Hall–Kier alpha value is -1.02. The molecule has 0 aliphatic carbocycles. The van der Waals surface area contributed by atoms with Crippen LogP contribution in [-0.2, 0) is 11.3 Å². The highest BCUT2D eigenvalue weighted by Crippen LogP contribution is 2.16. The van der Waals surface area contributed by atoms with Crippen molar-refractivity contribution in [2.45, 2.75) is 6.61 Å². The average Bonchev–Trinajstić information content (AvgIpc) is 2.06. The van der Waals surface area contributed by atoms with Gasteiger partial charge < -0.3 is 9.47 Å². The molecule has 1 aromatic rings. The summed E-state index contributed by atoms with van der Waals surface area (Å²) in [5.41, 5.74) is 1.03. The second kappa shape index (κ2) is 3.98. The molecule has 0 saturated heterocycles. The molecule has 1 rings (SSSR count). The van der Waals surface area contributed by atoms with Crippen LogP contribution in [-0.4, -0.2) is 14.2 Å². The van der Waals surface area contributed by atoms with Crippen molar-refractivity contribution in [1.82, 2.24) is 0 Å². The number of hydrogen-bond donors (Lipinski definition) is 0. The fourth-order valence-corrected chi connectivity index (χ4v) is 0.918. The smallest absolute Gasteiger partial charge is 0.124 e. The van der Waals surface area contributed by atoms with Gasteiger partial charge in [-0.25, -0.2) is 0 Å². The van der Waals surface area contributed by atoms with Gasteiger partial charge in [0.2, 0.25) is 0 Å². The zero-order valence-corrected chi connectivity index (χ0v) is 6.76. The molecule has 0 bridgehead atoms. The molecule has 0 N–H and O–H groups in total. The molecule has 0 amide bonds. The van der Waals surface area contributed by atoms with Gasteiger partial charge >= 0.3 is 0 Å². The van der Waals surface area contributed by atoms with E-state index in [1.54, 1.807) is 14.2 Å². The van der Waals surface area contributed by atoms with E-state index in [-0.39, 0.29) is 0 Å². The first kappa shape index (κ1) is 8.08. The van der Waals surface area contributed by atoms with E-state index in [1.165, 1.54) is 0 Å². The van der Waals surface area contributed by atoms with Crippen LogP contribution in [0.15, 0.2) is 18.2 Å². The maximum absolute atomic E-state index is 5.10. The van der Waals surface area contributed by atoms with Crippen LogP contribution in [0.5, 0.6) is 5.75 Å². The van der Waals surface area contributed by atoms with Gasteiger partial charge in [0.1, 0.15) is 5.75 Å². The van der Waals surface area contributed by atoms with E-state index in [0.29, 0.717) is 6.61 Å². The molecule has 0 spiro atoms. The molecule has 59 valence electrons. The van der Waals surface area contributed by atoms with Gasteiger partial charge in [0.15, 0.2) is 0 Å². The van der Waals surface area contributed by atoms with Gasteiger partial charge in [-0.15, -0.1) is 0 Å². The van der Waals surface area contributed by atoms with Crippen LogP contribution in [0.25, 0.3) is 0 Å². The molecule has 1 aromatic carbocycles. The maximum Gasteiger partial charge on any atom is 0.124 e. The van der Waals surface area contributed by atoms with E-state index >= 15 is 0 Å². The molecule has 11 heavy (non-hydrogen) atoms. The number of methoxy groups -OCH3 is 2. The SMILES string of the molecule is COCc1c[c]ccc1OC. The van der Waals surface area contributed by atoms with Gasteiger partial charge in [-0.05, 0) is 18.2 Å². The molecule has 0 unspecified atom stereocenters. The van der Waals surface area contributed by atoms with Crippen LogP contribution in [0.2, 0.25) is 0 Å². The predicted molar refractivity (Wildman–Crippen MR) is 42.5 cm³/mol. The number of benzene rings is 1. The Morgan fingerprint density at radius 2 is 2.27 bits per heavy atom. The van der Waals surface area contributed by atoms with Crippen molar-refractivity contribution in [2.24, 2.45) is 0 Å². The maximum atomic E-state index is 5.10. The lowest BCUT2D eigenvalue weighted by molar-refractivity contribution is 0.181. The van der Waals surface area contributed by atoms with Crippen LogP contribution in [0.4, 0.5) is 0 Å². The minimum absolute atomic E-state index is 0.570. The first-order valence-electron chi connectivity index (χ1n) is 3.40. The first-order valence-corrected chi connectivity index (χ1v) is 3.40. The van der Waals surface area contributed by atoms with Gasteiger partial charge in [0.25, 0.3) is 0 Å². The predicted octanol–water partition coefficient (Wildman–Crippen LogP) is 1.64. The van der Waals surface area contributed by atoms with E-state index in [0.717, 1.165) is 11.3 Å². The fraction of sp³-hybridized carbons (Fsp3) is 0.333. The molecule has 0 aliphatic rings. The Balaban J connectivity index is 2.83. The van der Waals surface area contributed by atoms with Crippen LogP contribution in [0, 0.1) is 6.07 Å². The van der Waals surface area contributed by atoms with Crippen molar-refractivity contribution in [3.05, 3.63) is 29.8 Å². The van der Waals surface area contributed by atoms with E-state index in [2.05, 4.69) is 6.07 Å². The van der Waals surface area contributed by atoms with Crippen molar-refractivity contribution < 1.29 is 9.47 Å². The van der Waals surface area contributed by atoms with Crippen molar-refractivity contribution in [3.63, 3.8) is 0 Å². The average molecular weight is 151 g/mol. The zero-order chi connectivity index (χ0) is 8.10. The number of rotatable bonds is 3. The Morgan fingerprint density at radius 1 is 1.45 bits per heavy atom. The summed E-state index contributed by atoms with van der Waals surface area (Å²) in [6.45, 7) is 0.570. The lowest BCUT2D eigenvalue weighted by Crippen LogP contribution is -1.92. The summed E-state index contributed by atoms with van der Waals surface area (Å²) in [4.78, 5) is 0. The van der Waals surface area contributed by atoms with Gasteiger partial charge in [-0.3, -0.25) is 0 Å². The summed E-state index contributed by atoms with van der Waals surface area (Å²) in [7, 11) is 3.31. The largest absolute Gasteiger partial charge is 0.496 e. The second-order valence-corrected chi connectivity index (χ2v) is 2.17. The lowest BCUT2D eigenvalue weighted by atomic mass is 10.2. The molecular weight excluding hydrogens is 140 g/mol.